The van der Waals surface area contributed by atoms with Crippen molar-refractivity contribution < 1.29 is 103 Å². The number of carboxylic acid groups (broad SMARTS) is 1. The van der Waals surface area contributed by atoms with Gasteiger partial charge in [0.2, 0.25) is 17.3 Å². The molecule has 6 aromatic heterocycles. The topological polar surface area (TPSA) is 300 Å². The number of aromatic carboxylic acids is 1. The summed E-state index contributed by atoms with van der Waals surface area (Å²) in [5.41, 5.74) is -0.504. The molecule has 0 amide bonds. The number of aromatic nitrogens is 8. The number of alkyl halides is 6. The van der Waals surface area contributed by atoms with Crippen molar-refractivity contribution >= 4 is 139 Å². The van der Waals surface area contributed by atoms with E-state index in [1.54, 1.807) is 18.2 Å². The van der Waals surface area contributed by atoms with Gasteiger partial charge in [0.05, 0.1) is 91.2 Å². The van der Waals surface area contributed by atoms with Crippen LogP contribution in [0.3, 0.4) is 0 Å². The Kier molecular flexibility index (Phi) is 28.1. The Balaban J connectivity index is 0.000000214. The first-order chi connectivity index (χ1) is 46.0. The zero-order chi connectivity index (χ0) is 72.7. The van der Waals surface area contributed by atoms with E-state index in [1.165, 1.54) is 60.9 Å². The van der Waals surface area contributed by atoms with Gasteiger partial charge in [0.25, 0.3) is 11.8 Å². The van der Waals surface area contributed by atoms with Crippen LogP contribution in [0.25, 0.3) is 62.1 Å². The molecule has 0 bridgehead atoms. The number of ether oxygens (including phenoxy) is 4. The number of benzene rings is 4. The standard InChI is InChI=1S/C19H12Cl3F3N4O4.C19H10Cl3F3N4O2.C10H7Cl2NO.C10H8Cl2O3.4O.Os/c20-11-3-15(32-7-9(31)6-30)12(21)2-10(11)18-27-16(28-33-18)14-5-29-4-8(19(23,24)25)1-13(22)17(29)26-14;1-2-3-30-15-6-11(20)10(5-12(15)21)18-27-16(28-31-18)14-8-29-7-9(19(23,24)25)4-13(22)17(29)26-14;1-3-4-14-10-6-7(11)9(13-2)5-8(10)12;1-2-3-15-9-5-7(11)6(10(13)14)4-8(9)12;;;;;/h1-5,9,30-31H,6-7H2;2,4-8H,1,3H2;3,5-6H,1,4H2;2,4-5H,1,3H2,(H,13,14);;;;;. The molecule has 6 heterocycles. The summed E-state index contributed by atoms with van der Waals surface area (Å²) in [5, 5.41) is 36.0. The minimum absolute atomic E-state index is 0.0168. The Morgan fingerprint density at radius 3 is 1.29 bits per heavy atom. The SMILES string of the molecule is C=CCOc1cc(Cl)c(-c2nc(-c3cn4cc(C(F)(F)F)cc(Cl)c4n3)no2)cc1Cl.C=CCOc1cc(Cl)c(C(=O)O)cc1Cl.OCC(O)COc1cc(Cl)c(-c2nc(-c3cn4cc(C(F)(F)F)cc(Cl)c4n3)no2)cc1Cl.[C-]#[N+]c1cc(Cl)c(OCC=C)cc1Cl.[O]=[Os](=[O])(=[O])=[O]. The van der Waals surface area contributed by atoms with E-state index in [-0.39, 0.29) is 123 Å². The second kappa shape index (κ2) is 34.8. The van der Waals surface area contributed by atoms with E-state index in [9.17, 15) is 36.2 Å². The van der Waals surface area contributed by atoms with E-state index in [0.717, 1.165) is 33.3 Å². The summed E-state index contributed by atoms with van der Waals surface area (Å²) in [4.78, 5) is 30.7. The fourth-order valence-electron chi connectivity index (χ4n) is 7.32. The Hall–Kier alpha value is -7.84. The van der Waals surface area contributed by atoms with Gasteiger partial charge >= 0.3 is 47.3 Å². The molecule has 3 N–H and O–H groups in total. The third-order valence-electron chi connectivity index (χ3n) is 11.6. The van der Waals surface area contributed by atoms with Crippen molar-refractivity contribution in [2.24, 2.45) is 0 Å². The van der Waals surface area contributed by atoms with E-state index >= 15 is 0 Å². The van der Waals surface area contributed by atoms with Gasteiger partial charge in [0, 0.05) is 43.0 Å². The normalized spacial score (nSPS) is 11.5. The fourth-order valence-corrected chi connectivity index (χ4v) is 9.60. The summed E-state index contributed by atoms with van der Waals surface area (Å²) in [5.74, 6) is 0.208. The first-order valence-corrected chi connectivity index (χ1v) is 33.9. The molecule has 0 fully saturated rings. The summed E-state index contributed by atoms with van der Waals surface area (Å²) in [7, 11) is 0. The molecule has 10 rings (SSSR count). The molecule has 1 atom stereocenters. The quantitative estimate of drug-likeness (QED) is 0.0408. The number of fused-ring (bicyclic) bond motifs is 2. The van der Waals surface area contributed by atoms with Crippen molar-refractivity contribution in [3.8, 4) is 68.9 Å². The van der Waals surface area contributed by atoms with Crippen LogP contribution in [0.15, 0.2) is 132 Å². The van der Waals surface area contributed by atoms with Crippen molar-refractivity contribution in [3.05, 3.63) is 202 Å². The molecule has 0 saturated carbocycles. The van der Waals surface area contributed by atoms with Crippen LogP contribution in [0.1, 0.15) is 21.5 Å². The maximum absolute atomic E-state index is 13.0. The maximum atomic E-state index is 13.0. The number of hydrogen-bond acceptors (Lipinski definition) is 19. The number of nitrogens with zero attached hydrogens (tertiary/aromatic N) is 9. The Labute approximate surface area is 599 Å². The van der Waals surface area contributed by atoms with Gasteiger partial charge in [-0.3, -0.25) is 0 Å². The van der Waals surface area contributed by atoms with E-state index < -0.39 is 57.0 Å². The number of pyridine rings is 2. The molecule has 10 aromatic rings. The summed E-state index contributed by atoms with van der Waals surface area (Å²) in [6, 6.07) is 13.0. The molecule has 0 aliphatic rings. The second-order valence-corrected chi connectivity index (χ2v) is 25.1. The van der Waals surface area contributed by atoms with Gasteiger partial charge in [-0.15, -0.1) is 0 Å². The van der Waals surface area contributed by atoms with Gasteiger partial charge in [-0.25, -0.2) is 19.6 Å². The van der Waals surface area contributed by atoms with E-state index in [2.05, 4.69) is 54.8 Å². The summed E-state index contributed by atoms with van der Waals surface area (Å²) in [6.45, 7) is 17.5. The predicted octanol–water partition coefficient (Wildman–Crippen LogP) is 18.2. The van der Waals surface area contributed by atoms with Gasteiger partial charge in [0.15, 0.2) is 11.3 Å². The Morgan fingerprint density at radius 2 is 0.918 bits per heavy atom. The van der Waals surface area contributed by atoms with Crippen molar-refractivity contribution in [3.63, 3.8) is 0 Å². The number of aliphatic hydroxyl groups is 2. The summed E-state index contributed by atoms with van der Waals surface area (Å²) in [6.07, 6.45) is -1.20. The molecule has 0 spiro atoms. The second-order valence-electron chi connectivity index (χ2n) is 18.4. The molecule has 0 aliphatic heterocycles. The van der Waals surface area contributed by atoms with Crippen LogP contribution in [-0.4, -0.2) is 99.5 Å². The third-order valence-corrected chi connectivity index (χ3v) is 14.5. The van der Waals surface area contributed by atoms with E-state index in [0.29, 0.717) is 45.2 Å². The van der Waals surface area contributed by atoms with Gasteiger partial charge in [-0.2, -0.15) is 36.3 Å². The number of halogens is 16. The Bertz CT molecular complexity index is 4900. The molecule has 1 unspecified atom stereocenters. The minimum atomic E-state index is -6.06. The number of hydrogen-bond donors (Lipinski definition) is 3. The zero-order valence-electron chi connectivity index (χ0n) is 48.3. The van der Waals surface area contributed by atoms with Crippen molar-refractivity contribution in [1.29, 1.82) is 0 Å². The summed E-state index contributed by atoms with van der Waals surface area (Å²) >= 11 is 54.0. The molecule has 23 nitrogen and oxygen atoms in total. The molecule has 518 valence electrons. The third kappa shape index (κ3) is 21.8. The number of carboxylic acids is 1. The van der Waals surface area contributed by atoms with Crippen LogP contribution < -0.4 is 18.9 Å². The van der Waals surface area contributed by atoms with Gasteiger partial charge in [0.1, 0.15) is 66.9 Å². The number of imidazole rings is 2. The van der Waals surface area contributed by atoms with Gasteiger partial charge in [-0.1, -0.05) is 164 Å². The van der Waals surface area contributed by atoms with Crippen LogP contribution in [0.5, 0.6) is 23.0 Å². The van der Waals surface area contributed by atoms with Crippen LogP contribution >= 0.6 is 116 Å². The molecular formula is C58H37Cl10F6N9O14Os. The first-order valence-electron chi connectivity index (χ1n) is 26.0. The fraction of sp³-hybridized carbons (Fsp3) is 0.138. The van der Waals surface area contributed by atoms with Crippen LogP contribution in [0.2, 0.25) is 50.2 Å². The number of aliphatic hydroxyl groups excluding tert-OH is 2. The van der Waals surface area contributed by atoms with Crippen LogP contribution in [0.4, 0.5) is 32.0 Å². The molecule has 0 aliphatic carbocycles. The molecule has 4 aromatic carbocycles. The average Bonchev–Trinajstić information content (AvgIpc) is 1.63. The van der Waals surface area contributed by atoms with Crippen molar-refractivity contribution in [1.82, 2.24) is 39.1 Å². The van der Waals surface area contributed by atoms with Gasteiger partial charge < -0.3 is 52.1 Å². The summed E-state index contributed by atoms with van der Waals surface area (Å²) < 4.78 is 147. The van der Waals surface area contributed by atoms with Crippen LogP contribution in [-0.2, 0) is 41.3 Å². The predicted molar refractivity (Wildman–Crippen MR) is 342 cm³/mol. The van der Waals surface area contributed by atoms with Crippen molar-refractivity contribution in [2.75, 3.05) is 33.0 Å². The zero-order valence-corrected chi connectivity index (χ0v) is 58.4. The number of carbonyl (C=O) groups is 1. The van der Waals surface area contributed by atoms with Crippen LogP contribution in [0, 0.1) is 6.57 Å². The molecule has 0 radical (unpaired) electrons. The monoisotopic (exact) mass is 1740 g/mol. The van der Waals surface area contributed by atoms with E-state index in [1.807, 2.05) is 0 Å². The van der Waals surface area contributed by atoms with Crippen molar-refractivity contribution in [2.45, 2.75) is 18.5 Å². The first kappa shape index (κ1) is 79.1. The Morgan fingerprint density at radius 1 is 0.551 bits per heavy atom. The van der Waals surface area contributed by atoms with Gasteiger partial charge in [-0.05, 0) is 42.5 Å². The molecule has 98 heavy (non-hydrogen) atoms. The van der Waals surface area contributed by atoms with E-state index in [4.69, 9.17) is 175 Å². The molecular weight excluding hydrogens is 1710 g/mol. The number of rotatable bonds is 18. The molecule has 0 saturated heterocycles. The average molecular weight is 1740 g/mol. The molecule has 40 heteroatoms.